The van der Waals surface area contributed by atoms with Crippen molar-refractivity contribution >= 4 is 16.6 Å². The minimum Gasteiger partial charge on any atom is -0.317 e. The molecule has 0 radical (unpaired) electrons. The second kappa shape index (κ2) is 10.5. The SMILES string of the molecule is CCCC[N+](CCCC)(CCCC)CC(=O)c1ccc2ccccc2c1. The summed E-state index contributed by atoms with van der Waals surface area (Å²) in [5, 5.41) is 2.36. The van der Waals surface area contributed by atoms with Gasteiger partial charge in [-0.2, -0.15) is 0 Å². The number of nitrogens with zero attached hydrogens (tertiary/aromatic N) is 1. The number of benzene rings is 2. The first-order valence-corrected chi connectivity index (χ1v) is 10.5. The molecule has 0 spiro atoms. The van der Waals surface area contributed by atoms with Gasteiger partial charge in [0.1, 0.15) is 6.54 Å². The zero-order valence-corrected chi connectivity index (χ0v) is 17.0. The highest BCUT2D eigenvalue weighted by molar-refractivity contribution is 6.00. The average Bonchev–Trinajstić information content (AvgIpc) is 2.68. The fraction of sp³-hybridized carbons (Fsp3) is 0.542. The Balaban J connectivity index is 2.23. The summed E-state index contributed by atoms with van der Waals surface area (Å²) in [6.45, 7) is 10.8. The van der Waals surface area contributed by atoms with Crippen molar-refractivity contribution in [1.82, 2.24) is 0 Å². The van der Waals surface area contributed by atoms with Crippen LogP contribution in [0, 0.1) is 0 Å². The standard InChI is InChI=1S/C24H36NO/c1-4-7-16-25(17-8-5-2,18-9-6-3)20-24(26)23-15-14-21-12-10-11-13-22(21)19-23/h10-15,19H,4-9,16-18,20H2,1-3H3/q+1. The fourth-order valence-electron chi connectivity index (χ4n) is 3.81. The molecule has 0 atom stereocenters. The van der Waals surface area contributed by atoms with Crippen molar-refractivity contribution in [3.8, 4) is 0 Å². The Kier molecular flexibility index (Phi) is 8.31. The summed E-state index contributed by atoms with van der Waals surface area (Å²) < 4.78 is 0.973. The Labute approximate surface area is 159 Å². The molecule has 0 aliphatic heterocycles. The molecule has 0 saturated carbocycles. The van der Waals surface area contributed by atoms with Gasteiger partial charge in [0.05, 0.1) is 19.6 Å². The fourth-order valence-corrected chi connectivity index (χ4v) is 3.81. The zero-order valence-electron chi connectivity index (χ0n) is 17.0. The second-order valence-electron chi connectivity index (χ2n) is 7.72. The molecule has 0 fully saturated rings. The number of carbonyl (C=O) groups is 1. The van der Waals surface area contributed by atoms with Crippen LogP contribution in [-0.2, 0) is 0 Å². The molecule has 2 rings (SSSR count). The predicted molar refractivity (Wildman–Crippen MR) is 113 cm³/mol. The summed E-state index contributed by atoms with van der Waals surface area (Å²) >= 11 is 0. The molecule has 0 amide bonds. The minimum absolute atomic E-state index is 0.305. The van der Waals surface area contributed by atoms with Crippen molar-refractivity contribution in [2.45, 2.75) is 59.3 Å². The van der Waals surface area contributed by atoms with Crippen LogP contribution < -0.4 is 0 Å². The minimum atomic E-state index is 0.305. The number of Topliss-reactive ketones (excluding diaryl/α,β-unsaturated/α-hetero) is 1. The maximum Gasteiger partial charge on any atom is 0.216 e. The molecular weight excluding hydrogens is 318 g/mol. The molecule has 2 nitrogen and oxygen atoms in total. The predicted octanol–water partition coefficient (Wildman–Crippen LogP) is 6.24. The van der Waals surface area contributed by atoms with E-state index in [1.807, 2.05) is 18.2 Å². The highest BCUT2D eigenvalue weighted by Gasteiger charge is 2.29. The van der Waals surface area contributed by atoms with Gasteiger partial charge in [0.2, 0.25) is 5.78 Å². The first-order chi connectivity index (χ1) is 12.6. The van der Waals surface area contributed by atoms with Gasteiger partial charge in [-0.3, -0.25) is 4.79 Å². The van der Waals surface area contributed by atoms with E-state index in [4.69, 9.17) is 0 Å². The number of hydrogen-bond donors (Lipinski definition) is 0. The quantitative estimate of drug-likeness (QED) is 0.326. The summed E-state index contributed by atoms with van der Waals surface area (Å²) in [6.07, 6.45) is 7.21. The molecule has 0 aromatic heterocycles. The molecule has 0 heterocycles. The van der Waals surface area contributed by atoms with Crippen molar-refractivity contribution in [1.29, 1.82) is 0 Å². The van der Waals surface area contributed by atoms with Crippen LogP contribution in [0.3, 0.4) is 0 Å². The molecule has 2 aromatic rings. The normalized spacial score (nSPS) is 11.8. The van der Waals surface area contributed by atoms with Gasteiger partial charge >= 0.3 is 0 Å². The molecule has 142 valence electrons. The van der Waals surface area contributed by atoms with E-state index >= 15 is 0 Å². The van der Waals surface area contributed by atoms with Gasteiger partial charge in [0.15, 0.2) is 0 Å². The zero-order chi connectivity index (χ0) is 18.8. The lowest BCUT2D eigenvalue weighted by Crippen LogP contribution is -2.53. The highest BCUT2D eigenvalue weighted by atomic mass is 16.1. The summed E-state index contributed by atoms with van der Waals surface area (Å²) in [6, 6.07) is 14.5. The van der Waals surface area contributed by atoms with Crippen molar-refractivity contribution in [2.75, 3.05) is 26.2 Å². The van der Waals surface area contributed by atoms with Gasteiger partial charge in [-0.1, -0.05) is 76.4 Å². The Morgan fingerprint density at radius 1 is 0.769 bits per heavy atom. The Hall–Kier alpha value is -1.67. The maximum atomic E-state index is 13.2. The number of rotatable bonds is 12. The van der Waals surface area contributed by atoms with Gasteiger partial charge in [-0.15, -0.1) is 0 Å². The van der Waals surface area contributed by atoms with Gasteiger partial charge in [-0.25, -0.2) is 0 Å². The van der Waals surface area contributed by atoms with Crippen LogP contribution in [-0.4, -0.2) is 36.4 Å². The number of fused-ring (bicyclic) bond motifs is 1. The van der Waals surface area contributed by atoms with Crippen molar-refractivity contribution < 1.29 is 9.28 Å². The summed E-state index contributed by atoms with van der Waals surface area (Å²) in [5.74, 6) is 0.305. The number of unbranched alkanes of at least 4 members (excludes halogenated alkanes) is 3. The Bertz CT molecular complexity index is 670. The number of hydrogen-bond acceptors (Lipinski definition) is 1. The largest absolute Gasteiger partial charge is 0.317 e. The molecule has 0 N–H and O–H groups in total. The highest BCUT2D eigenvalue weighted by Crippen LogP contribution is 2.20. The molecule has 0 aliphatic carbocycles. The molecule has 2 aromatic carbocycles. The van der Waals surface area contributed by atoms with E-state index in [0.717, 1.165) is 35.1 Å². The van der Waals surface area contributed by atoms with Crippen LogP contribution in [0.5, 0.6) is 0 Å². The van der Waals surface area contributed by atoms with Crippen LogP contribution in [0.2, 0.25) is 0 Å². The number of quaternary nitrogens is 1. The molecular formula is C24H36NO+. The number of carbonyl (C=O) groups excluding carboxylic acids is 1. The van der Waals surface area contributed by atoms with E-state index in [0.29, 0.717) is 12.3 Å². The third-order valence-electron chi connectivity index (χ3n) is 5.51. The lowest BCUT2D eigenvalue weighted by molar-refractivity contribution is -0.921. The summed E-state index contributed by atoms with van der Waals surface area (Å²) in [7, 11) is 0. The van der Waals surface area contributed by atoms with E-state index in [9.17, 15) is 4.79 Å². The van der Waals surface area contributed by atoms with Crippen molar-refractivity contribution in [3.05, 3.63) is 48.0 Å². The number of ketones is 1. The smallest absolute Gasteiger partial charge is 0.216 e. The van der Waals surface area contributed by atoms with E-state index in [2.05, 4.69) is 45.0 Å². The summed E-state index contributed by atoms with van der Waals surface area (Å²) in [4.78, 5) is 13.2. The van der Waals surface area contributed by atoms with Gasteiger partial charge in [0, 0.05) is 5.56 Å². The van der Waals surface area contributed by atoms with Crippen molar-refractivity contribution in [2.24, 2.45) is 0 Å². The van der Waals surface area contributed by atoms with Crippen molar-refractivity contribution in [3.63, 3.8) is 0 Å². The van der Waals surface area contributed by atoms with E-state index in [-0.39, 0.29) is 0 Å². The summed E-state index contributed by atoms with van der Waals surface area (Å²) in [5.41, 5.74) is 0.871. The lowest BCUT2D eigenvalue weighted by atomic mass is 10.0. The third kappa shape index (κ3) is 5.67. The molecule has 0 saturated heterocycles. The van der Waals surface area contributed by atoms with Crippen LogP contribution >= 0.6 is 0 Å². The van der Waals surface area contributed by atoms with Crippen LogP contribution in [0.15, 0.2) is 42.5 Å². The van der Waals surface area contributed by atoms with Gasteiger partial charge < -0.3 is 4.48 Å². The molecule has 2 heteroatoms. The van der Waals surface area contributed by atoms with Crippen LogP contribution in [0.4, 0.5) is 0 Å². The lowest BCUT2D eigenvalue weighted by Gasteiger charge is -2.38. The Morgan fingerprint density at radius 2 is 1.31 bits per heavy atom. The third-order valence-corrected chi connectivity index (χ3v) is 5.51. The molecule has 0 aliphatic rings. The second-order valence-corrected chi connectivity index (χ2v) is 7.72. The van der Waals surface area contributed by atoms with Crippen LogP contribution in [0.25, 0.3) is 10.8 Å². The first-order valence-electron chi connectivity index (χ1n) is 10.5. The molecule has 0 bridgehead atoms. The van der Waals surface area contributed by atoms with Crippen LogP contribution in [0.1, 0.15) is 69.7 Å². The van der Waals surface area contributed by atoms with E-state index in [1.165, 1.54) is 43.9 Å². The molecule has 26 heavy (non-hydrogen) atoms. The van der Waals surface area contributed by atoms with E-state index < -0.39 is 0 Å². The maximum absolute atomic E-state index is 13.2. The first kappa shape index (κ1) is 20.6. The molecule has 0 unspecified atom stereocenters. The topological polar surface area (TPSA) is 17.1 Å². The van der Waals surface area contributed by atoms with Gasteiger partial charge in [-0.05, 0) is 36.1 Å². The van der Waals surface area contributed by atoms with Gasteiger partial charge in [0.25, 0.3) is 0 Å². The van der Waals surface area contributed by atoms with E-state index in [1.54, 1.807) is 0 Å². The average molecular weight is 355 g/mol. The Morgan fingerprint density at radius 3 is 1.85 bits per heavy atom. The monoisotopic (exact) mass is 354 g/mol.